The van der Waals surface area contributed by atoms with E-state index in [1.165, 1.54) is 22.3 Å². The summed E-state index contributed by atoms with van der Waals surface area (Å²) in [6, 6.07) is 0. The van der Waals surface area contributed by atoms with Gasteiger partial charge in [0.2, 0.25) is 0 Å². The van der Waals surface area contributed by atoms with Crippen LogP contribution in [-0.4, -0.2) is 6.10 Å². The van der Waals surface area contributed by atoms with Crippen LogP contribution in [0, 0.1) is 7.11 Å². The van der Waals surface area contributed by atoms with Gasteiger partial charge in [-0.3, -0.25) is 0 Å². The molecule has 0 atom stereocenters. The first-order chi connectivity index (χ1) is 7.24. The van der Waals surface area contributed by atoms with E-state index in [0.717, 1.165) is 12.8 Å². The van der Waals surface area contributed by atoms with Crippen molar-refractivity contribution < 1.29 is 30.6 Å². The molecule has 2 aliphatic rings. The maximum atomic E-state index is 5.41. The van der Waals surface area contributed by atoms with Gasteiger partial charge in [0.05, 0.1) is 6.10 Å². The summed E-state index contributed by atoms with van der Waals surface area (Å²) in [6.45, 7) is 4.28. The number of hydrogen-bond acceptors (Lipinski definition) is 1. The maximum absolute atomic E-state index is 5.41. The van der Waals surface area contributed by atoms with Crippen molar-refractivity contribution in [1.29, 1.82) is 0 Å². The summed E-state index contributed by atoms with van der Waals surface area (Å²) in [5.74, 6) is 0. The molecule has 0 amide bonds. The van der Waals surface area contributed by atoms with E-state index >= 15 is 0 Å². The second-order valence-corrected chi connectivity index (χ2v) is 4.18. The third kappa shape index (κ3) is 2.54. The SMILES string of the molecule is [CH2-]OC(C1=C(C)C=CC1)C1=C(C)C=CC1.[Hf]. The first-order valence-electron chi connectivity index (χ1n) is 5.37. The van der Waals surface area contributed by atoms with Crippen molar-refractivity contribution in [3.05, 3.63) is 53.7 Å². The van der Waals surface area contributed by atoms with E-state index in [1.807, 2.05) is 0 Å². The molecule has 0 fully saturated rings. The Kier molecular flexibility index (Phi) is 5.13. The van der Waals surface area contributed by atoms with Gasteiger partial charge in [0.15, 0.2) is 0 Å². The van der Waals surface area contributed by atoms with Crippen LogP contribution >= 0.6 is 0 Å². The molecule has 0 heterocycles. The molecule has 0 N–H and O–H groups in total. The van der Waals surface area contributed by atoms with Gasteiger partial charge in [-0.1, -0.05) is 24.3 Å². The molecule has 0 aromatic rings. The van der Waals surface area contributed by atoms with Gasteiger partial charge < -0.3 is 4.74 Å². The number of hydrogen-bond donors (Lipinski definition) is 0. The second-order valence-electron chi connectivity index (χ2n) is 4.18. The van der Waals surface area contributed by atoms with Crippen LogP contribution in [0.15, 0.2) is 46.6 Å². The zero-order valence-electron chi connectivity index (χ0n) is 9.92. The van der Waals surface area contributed by atoms with Crippen molar-refractivity contribution in [1.82, 2.24) is 0 Å². The predicted octanol–water partition coefficient (Wildman–Crippen LogP) is 3.71. The smallest absolute Gasteiger partial charge is 0.0688 e. The van der Waals surface area contributed by atoms with Crippen molar-refractivity contribution >= 4 is 0 Å². The minimum Gasteiger partial charge on any atom is -0.546 e. The summed E-state index contributed by atoms with van der Waals surface area (Å²) in [5, 5.41) is 0. The van der Waals surface area contributed by atoms with Gasteiger partial charge in [-0.05, 0) is 49.0 Å². The monoisotopic (exact) mass is 381 g/mol. The van der Waals surface area contributed by atoms with Gasteiger partial charge in [0.25, 0.3) is 0 Å². The van der Waals surface area contributed by atoms with E-state index in [4.69, 9.17) is 4.74 Å². The van der Waals surface area contributed by atoms with E-state index in [-0.39, 0.29) is 31.9 Å². The Balaban J connectivity index is 0.00000128. The van der Waals surface area contributed by atoms with Crippen LogP contribution in [0.1, 0.15) is 26.7 Å². The maximum Gasteiger partial charge on any atom is 0.0688 e. The van der Waals surface area contributed by atoms with Crippen LogP contribution < -0.4 is 0 Å². The van der Waals surface area contributed by atoms with Crippen LogP contribution in [0.5, 0.6) is 0 Å². The van der Waals surface area contributed by atoms with Crippen molar-refractivity contribution in [2.45, 2.75) is 32.8 Å². The molecular weight excluding hydrogens is 363 g/mol. The molecular formula is C14H17HfO-. The molecule has 0 radical (unpaired) electrons. The van der Waals surface area contributed by atoms with E-state index in [2.05, 4.69) is 45.3 Å². The van der Waals surface area contributed by atoms with Crippen molar-refractivity contribution in [2.24, 2.45) is 0 Å². The Morgan fingerprint density at radius 2 is 1.50 bits per heavy atom. The number of ether oxygens (including phenoxy) is 1. The van der Waals surface area contributed by atoms with Crippen LogP contribution in [0.2, 0.25) is 0 Å². The molecule has 2 aliphatic carbocycles. The molecule has 0 aromatic heterocycles. The average molecular weight is 380 g/mol. The van der Waals surface area contributed by atoms with Gasteiger partial charge in [-0.15, -0.1) is 0 Å². The van der Waals surface area contributed by atoms with Crippen LogP contribution in [0.4, 0.5) is 0 Å². The zero-order valence-corrected chi connectivity index (χ0v) is 13.5. The van der Waals surface area contributed by atoms with Crippen molar-refractivity contribution in [3.8, 4) is 0 Å². The Bertz CT molecular complexity index is 350. The predicted molar refractivity (Wildman–Crippen MR) is 63.1 cm³/mol. The molecule has 0 saturated carbocycles. The first kappa shape index (κ1) is 13.9. The Labute approximate surface area is 117 Å². The zero-order chi connectivity index (χ0) is 10.8. The molecule has 16 heavy (non-hydrogen) atoms. The third-order valence-electron chi connectivity index (χ3n) is 3.22. The normalized spacial score (nSPS) is 19.0. The quantitative estimate of drug-likeness (QED) is 0.536. The summed E-state index contributed by atoms with van der Waals surface area (Å²) in [6.07, 6.45) is 10.8. The van der Waals surface area contributed by atoms with Crippen molar-refractivity contribution in [2.75, 3.05) is 0 Å². The van der Waals surface area contributed by atoms with Crippen molar-refractivity contribution in [3.63, 3.8) is 0 Å². The van der Waals surface area contributed by atoms with E-state index in [9.17, 15) is 0 Å². The fraction of sp³-hybridized carbons (Fsp3) is 0.357. The molecule has 0 spiro atoms. The number of rotatable bonds is 3. The van der Waals surface area contributed by atoms with E-state index in [0.29, 0.717) is 0 Å². The Morgan fingerprint density at radius 1 is 1.06 bits per heavy atom. The number of allylic oxidation sites excluding steroid dienone is 6. The third-order valence-corrected chi connectivity index (χ3v) is 3.22. The molecule has 0 saturated heterocycles. The molecule has 84 valence electrons. The molecule has 2 heteroatoms. The van der Waals surface area contributed by atoms with E-state index < -0.39 is 0 Å². The standard InChI is InChI=1S/C14H17O.Hf/c1-10-6-4-8-12(10)14(15-3)13-9-5-7-11(13)2;/h4-7,14H,3,8-9H2,1-2H3;/q-1;. The second kappa shape index (κ2) is 5.92. The Hall–Kier alpha value is -0.210. The molecule has 1 nitrogen and oxygen atoms in total. The average Bonchev–Trinajstić information content (AvgIpc) is 2.80. The fourth-order valence-electron chi connectivity index (χ4n) is 2.30. The molecule has 0 aliphatic heterocycles. The molecule has 2 rings (SSSR count). The molecule has 0 bridgehead atoms. The minimum atomic E-state index is 0. The van der Waals surface area contributed by atoms with Gasteiger partial charge in [-0.2, -0.15) is 0 Å². The van der Waals surface area contributed by atoms with Gasteiger partial charge in [0.1, 0.15) is 0 Å². The summed E-state index contributed by atoms with van der Waals surface area (Å²) in [5.41, 5.74) is 5.39. The molecule has 0 aromatic carbocycles. The van der Waals surface area contributed by atoms with Gasteiger partial charge in [-0.25, -0.2) is 7.11 Å². The minimum absolute atomic E-state index is 0. The van der Waals surface area contributed by atoms with Crippen LogP contribution in [0.25, 0.3) is 0 Å². The summed E-state index contributed by atoms with van der Waals surface area (Å²) < 4.78 is 5.41. The Morgan fingerprint density at radius 3 is 1.75 bits per heavy atom. The summed E-state index contributed by atoms with van der Waals surface area (Å²) >= 11 is 0. The topological polar surface area (TPSA) is 9.23 Å². The summed E-state index contributed by atoms with van der Waals surface area (Å²) in [7, 11) is 3.62. The van der Waals surface area contributed by atoms with Gasteiger partial charge in [0, 0.05) is 25.8 Å². The van der Waals surface area contributed by atoms with Crippen LogP contribution in [0.3, 0.4) is 0 Å². The first-order valence-corrected chi connectivity index (χ1v) is 5.37. The van der Waals surface area contributed by atoms with Gasteiger partial charge >= 0.3 is 0 Å². The fourth-order valence-corrected chi connectivity index (χ4v) is 2.30. The molecule has 0 unspecified atom stereocenters. The van der Waals surface area contributed by atoms with Crippen LogP contribution in [-0.2, 0) is 30.6 Å². The largest absolute Gasteiger partial charge is 0.546 e. The van der Waals surface area contributed by atoms with E-state index in [1.54, 1.807) is 0 Å². The summed E-state index contributed by atoms with van der Waals surface area (Å²) in [4.78, 5) is 0.